The van der Waals surface area contributed by atoms with E-state index in [0.29, 0.717) is 16.5 Å². The van der Waals surface area contributed by atoms with Crippen LogP contribution >= 0.6 is 11.3 Å². The maximum Gasteiger partial charge on any atom is 0.490 e. The van der Waals surface area contributed by atoms with Gasteiger partial charge >= 0.3 is 18.1 Å². The molecule has 7 nitrogen and oxygen atoms in total. The first kappa shape index (κ1) is 18.7. The van der Waals surface area contributed by atoms with Gasteiger partial charge in [-0.3, -0.25) is 5.41 Å². The number of halogens is 3. The molecule has 1 rings (SSSR count). The topological polar surface area (TPSA) is 126 Å². The van der Waals surface area contributed by atoms with Gasteiger partial charge in [-0.25, -0.2) is 9.59 Å². The Balaban J connectivity index is 0.000000486. The van der Waals surface area contributed by atoms with Crippen LogP contribution in [0.3, 0.4) is 0 Å². The Morgan fingerprint density at radius 2 is 2.00 bits per heavy atom. The molecule has 0 amide bonds. The molecule has 0 aliphatic carbocycles. The van der Waals surface area contributed by atoms with Crippen LogP contribution in [-0.2, 0) is 9.53 Å². The highest BCUT2D eigenvalue weighted by molar-refractivity contribution is 7.18. The zero-order valence-electron chi connectivity index (χ0n) is 10.7. The lowest BCUT2D eigenvalue weighted by Gasteiger charge is -1.98. The standard InChI is InChI=1S/C8H11N3O2S.C2HF3O2/c1-2-13-7(12)5-3-4-6(14-5)11-8(9)10;3-2(4,5)1(6)7/h3-4H,2H2,1H3,(H4,9,10,11);(H,6,7). The predicted molar refractivity (Wildman–Crippen MR) is 69.5 cm³/mol. The molecule has 11 heteroatoms. The average Bonchev–Trinajstić information content (AvgIpc) is 2.76. The third-order valence-corrected chi connectivity index (χ3v) is 2.56. The number of aliphatic carboxylic acids is 1. The van der Waals surface area contributed by atoms with Crippen LogP contribution in [0.4, 0.5) is 18.2 Å². The fourth-order valence-electron chi connectivity index (χ4n) is 0.850. The minimum absolute atomic E-state index is 0.151. The number of hydrogen-bond donors (Lipinski definition) is 4. The summed E-state index contributed by atoms with van der Waals surface area (Å²) < 4.78 is 36.5. The van der Waals surface area contributed by atoms with E-state index in [0.717, 1.165) is 0 Å². The van der Waals surface area contributed by atoms with Gasteiger partial charge in [0, 0.05) is 0 Å². The molecular formula is C10H12F3N3O4S. The van der Waals surface area contributed by atoms with E-state index in [2.05, 4.69) is 5.32 Å². The molecule has 0 aliphatic rings. The first-order valence-corrected chi connectivity index (χ1v) is 6.07. The predicted octanol–water partition coefficient (Wildman–Crippen LogP) is 1.86. The highest BCUT2D eigenvalue weighted by Gasteiger charge is 2.38. The number of guanidine groups is 1. The van der Waals surface area contributed by atoms with Crippen LogP contribution < -0.4 is 11.1 Å². The van der Waals surface area contributed by atoms with E-state index in [-0.39, 0.29) is 11.9 Å². The van der Waals surface area contributed by atoms with Crippen LogP contribution in [0.1, 0.15) is 16.6 Å². The van der Waals surface area contributed by atoms with Crippen molar-refractivity contribution >= 4 is 34.2 Å². The fraction of sp³-hybridized carbons (Fsp3) is 0.300. The molecular weight excluding hydrogens is 315 g/mol. The lowest BCUT2D eigenvalue weighted by Crippen LogP contribution is -2.21. The molecule has 0 unspecified atom stereocenters. The number of carboxylic acids is 1. The third kappa shape index (κ3) is 7.77. The summed E-state index contributed by atoms with van der Waals surface area (Å²) in [5.74, 6) is -3.26. The summed E-state index contributed by atoms with van der Waals surface area (Å²) in [5, 5.41) is 17.4. The van der Waals surface area contributed by atoms with Crippen molar-refractivity contribution in [2.45, 2.75) is 13.1 Å². The summed E-state index contributed by atoms with van der Waals surface area (Å²) in [6, 6.07) is 3.31. The number of nitrogens with two attached hydrogens (primary N) is 1. The maximum atomic E-state index is 11.2. The Morgan fingerprint density at radius 3 is 2.38 bits per heavy atom. The van der Waals surface area contributed by atoms with E-state index in [4.69, 9.17) is 25.8 Å². The Morgan fingerprint density at radius 1 is 1.48 bits per heavy atom. The van der Waals surface area contributed by atoms with Crippen molar-refractivity contribution in [3.8, 4) is 0 Å². The van der Waals surface area contributed by atoms with Crippen molar-refractivity contribution < 1.29 is 32.6 Å². The van der Waals surface area contributed by atoms with Crippen LogP contribution in [0.25, 0.3) is 0 Å². The molecule has 21 heavy (non-hydrogen) atoms. The van der Waals surface area contributed by atoms with Gasteiger partial charge in [-0.05, 0) is 19.1 Å². The summed E-state index contributed by atoms with van der Waals surface area (Å²) in [6.07, 6.45) is -5.08. The number of esters is 1. The highest BCUT2D eigenvalue weighted by atomic mass is 32.1. The molecule has 0 aromatic carbocycles. The molecule has 1 aromatic rings. The van der Waals surface area contributed by atoms with E-state index < -0.39 is 12.1 Å². The van der Waals surface area contributed by atoms with E-state index in [1.165, 1.54) is 11.3 Å². The number of carbonyl (C=O) groups is 2. The van der Waals surface area contributed by atoms with Gasteiger partial charge in [0.1, 0.15) is 4.88 Å². The Hall–Kier alpha value is -2.30. The van der Waals surface area contributed by atoms with Crippen molar-refractivity contribution in [3.05, 3.63) is 17.0 Å². The summed E-state index contributed by atoms with van der Waals surface area (Å²) in [4.78, 5) is 20.6. The smallest absolute Gasteiger partial charge is 0.475 e. The van der Waals surface area contributed by atoms with E-state index in [9.17, 15) is 18.0 Å². The number of carboxylic acid groups (broad SMARTS) is 1. The Bertz CT molecular complexity index is 516. The van der Waals surface area contributed by atoms with Crippen molar-refractivity contribution in [2.24, 2.45) is 5.73 Å². The van der Waals surface area contributed by atoms with Gasteiger partial charge in [-0.15, -0.1) is 11.3 Å². The largest absolute Gasteiger partial charge is 0.490 e. The molecule has 0 radical (unpaired) electrons. The summed E-state index contributed by atoms with van der Waals surface area (Å²) in [5.41, 5.74) is 5.13. The fourth-order valence-corrected chi connectivity index (χ4v) is 1.66. The zero-order chi connectivity index (χ0) is 16.6. The maximum absolute atomic E-state index is 11.2. The van der Waals surface area contributed by atoms with Gasteiger partial charge in [-0.1, -0.05) is 0 Å². The first-order valence-electron chi connectivity index (χ1n) is 5.26. The van der Waals surface area contributed by atoms with Gasteiger partial charge in [-0.2, -0.15) is 13.2 Å². The number of thiophene rings is 1. The van der Waals surface area contributed by atoms with Crippen LogP contribution in [0.15, 0.2) is 12.1 Å². The second-order valence-electron chi connectivity index (χ2n) is 3.23. The monoisotopic (exact) mass is 327 g/mol. The normalized spacial score (nSPS) is 10.1. The summed E-state index contributed by atoms with van der Waals surface area (Å²) in [7, 11) is 0. The van der Waals surface area contributed by atoms with Crippen LogP contribution in [-0.4, -0.2) is 35.8 Å². The molecule has 5 N–H and O–H groups in total. The van der Waals surface area contributed by atoms with Crippen LogP contribution in [0, 0.1) is 5.41 Å². The van der Waals surface area contributed by atoms with Gasteiger partial charge in [0.2, 0.25) is 0 Å². The van der Waals surface area contributed by atoms with Crippen molar-refractivity contribution in [3.63, 3.8) is 0 Å². The second kappa shape index (κ2) is 8.09. The molecule has 1 heterocycles. The molecule has 0 aliphatic heterocycles. The second-order valence-corrected chi connectivity index (χ2v) is 4.31. The number of nitrogens with one attached hydrogen (secondary N) is 2. The number of alkyl halides is 3. The number of carbonyl (C=O) groups excluding carboxylic acids is 1. The zero-order valence-corrected chi connectivity index (χ0v) is 11.5. The average molecular weight is 327 g/mol. The van der Waals surface area contributed by atoms with Crippen LogP contribution in [0.5, 0.6) is 0 Å². The van der Waals surface area contributed by atoms with E-state index in [1.807, 2.05) is 0 Å². The van der Waals surface area contributed by atoms with Crippen molar-refractivity contribution in [2.75, 3.05) is 11.9 Å². The lowest BCUT2D eigenvalue weighted by atomic mass is 10.5. The number of hydrogen-bond acceptors (Lipinski definition) is 5. The quantitative estimate of drug-likeness (QED) is 0.381. The first-order chi connectivity index (χ1) is 9.57. The third-order valence-electron chi connectivity index (χ3n) is 1.58. The molecule has 1 aromatic heterocycles. The lowest BCUT2D eigenvalue weighted by molar-refractivity contribution is -0.192. The summed E-state index contributed by atoms with van der Waals surface area (Å²) >= 11 is 1.20. The molecule has 118 valence electrons. The Kier molecular flexibility index (Phi) is 7.21. The SMILES string of the molecule is CCOC(=O)c1ccc(NC(=N)N)s1.O=C(O)C(F)(F)F. The van der Waals surface area contributed by atoms with Crippen LogP contribution in [0.2, 0.25) is 0 Å². The number of anilines is 1. The van der Waals surface area contributed by atoms with Gasteiger partial charge in [0.05, 0.1) is 11.6 Å². The molecule has 0 spiro atoms. The van der Waals surface area contributed by atoms with E-state index in [1.54, 1.807) is 19.1 Å². The van der Waals surface area contributed by atoms with Crippen molar-refractivity contribution in [1.82, 2.24) is 0 Å². The molecule has 0 fully saturated rings. The molecule has 0 saturated heterocycles. The summed E-state index contributed by atoms with van der Waals surface area (Å²) in [6.45, 7) is 2.10. The minimum Gasteiger partial charge on any atom is -0.475 e. The minimum atomic E-state index is -5.08. The van der Waals surface area contributed by atoms with Gasteiger partial charge in [0.25, 0.3) is 0 Å². The van der Waals surface area contributed by atoms with Gasteiger partial charge in [0.15, 0.2) is 5.96 Å². The molecule has 0 atom stereocenters. The highest BCUT2D eigenvalue weighted by Crippen LogP contribution is 2.22. The van der Waals surface area contributed by atoms with Crippen molar-refractivity contribution in [1.29, 1.82) is 5.41 Å². The molecule has 0 saturated carbocycles. The van der Waals surface area contributed by atoms with Gasteiger partial charge < -0.3 is 20.9 Å². The Labute approximate surface area is 121 Å². The molecule has 0 bridgehead atoms. The number of ether oxygens (including phenoxy) is 1. The number of rotatable bonds is 3. The van der Waals surface area contributed by atoms with E-state index >= 15 is 0 Å².